The highest BCUT2D eigenvalue weighted by atomic mass is 15.0. The number of hydrogen-bond donors (Lipinski definition) is 0. The average Bonchev–Trinajstić information content (AvgIpc) is 1.53. The molecule has 8 nitrogen and oxygen atoms in total. The highest BCUT2D eigenvalue weighted by molar-refractivity contribution is 6.25. The van der Waals surface area contributed by atoms with Gasteiger partial charge in [-0.15, -0.1) is 0 Å². The lowest BCUT2D eigenvalue weighted by Gasteiger charge is -2.18. The standard InChI is InChI=1S/2C54H32N4/c55-33-34-19-21-35(22-20-34)40-27-29-46(43-16-8-7-15-42(40)43)49-32-31-48-45-18-10-9-17-44(45)47-30-28-41(50(49)51(47)48)36-23-25-39(26-24-36)54-57-52(37-11-3-1-4-12-37)56-53(58-54)38-13-5-2-6-14-38;55-33-34-15-17-35(18-16-34)40-23-24-42-32-43(26-25-41(42)31-40)45-28-30-49-47-14-8-7-13-46(47)48-29-27-44(50(45)51(48)49)36-19-21-39(22-20-36)54-57-52(37-9-3-1-4-10-37)56-53(58-54)38-11-5-2-6-12-38/h2*1-32H. The molecule has 0 radical (unpaired) electrons. The van der Waals surface area contributed by atoms with E-state index >= 15 is 0 Å². The van der Waals surface area contributed by atoms with Gasteiger partial charge in [0, 0.05) is 33.4 Å². The molecule has 0 N–H and O–H groups in total. The largest absolute Gasteiger partial charge is 0.208 e. The third-order valence-electron chi connectivity index (χ3n) is 22.7. The molecule has 536 valence electrons. The van der Waals surface area contributed by atoms with Crippen molar-refractivity contribution < 1.29 is 0 Å². The smallest absolute Gasteiger partial charge is 0.164 e. The Morgan fingerprint density at radius 1 is 0.155 bits per heavy atom. The third-order valence-corrected chi connectivity index (χ3v) is 22.7. The molecule has 0 amide bonds. The summed E-state index contributed by atoms with van der Waals surface area (Å²) in [7, 11) is 0. The van der Waals surface area contributed by atoms with Crippen LogP contribution in [0.4, 0.5) is 0 Å². The van der Waals surface area contributed by atoms with Gasteiger partial charge in [0.2, 0.25) is 0 Å². The van der Waals surface area contributed by atoms with E-state index in [1.54, 1.807) is 0 Å². The van der Waals surface area contributed by atoms with E-state index in [-0.39, 0.29) is 0 Å². The van der Waals surface area contributed by atoms with Crippen LogP contribution in [0.3, 0.4) is 0 Å². The zero-order valence-electron chi connectivity index (χ0n) is 62.5. The summed E-state index contributed by atoms with van der Waals surface area (Å²) in [5.41, 5.74) is 30.8. The maximum atomic E-state index is 9.43. The summed E-state index contributed by atoms with van der Waals surface area (Å²) in [6.07, 6.45) is 0. The first kappa shape index (κ1) is 68.1. The van der Waals surface area contributed by atoms with E-state index in [1.807, 2.05) is 170 Å². The summed E-state index contributed by atoms with van der Waals surface area (Å²) in [5.74, 6) is 3.83. The molecule has 0 saturated heterocycles. The number of nitriles is 2. The highest BCUT2D eigenvalue weighted by Crippen LogP contribution is 2.55. The van der Waals surface area contributed by atoms with Crippen molar-refractivity contribution >= 4 is 43.1 Å². The summed E-state index contributed by atoms with van der Waals surface area (Å²) in [4.78, 5) is 29.7. The van der Waals surface area contributed by atoms with E-state index in [1.165, 1.54) is 121 Å². The van der Waals surface area contributed by atoms with Crippen molar-refractivity contribution in [2.24, 2.45) is 0 Å². The lowest BCUT2D eigenvalue weighted by Crippen LogP contribution is -2.00. The fourth-order valence-electron chi connectivity index (χ4n) is 17.1. The van der Waals surface area contributed by atoms with Crippen LogP contribution in [0.2, 0.25) is 0 Å². The van der Waals surface area contributed by atoms with Crippen LogP contribution in [0.1, 0.15) is 11.1 Å². The summed E-state index contributed by atoms with van der Waals surface area (Å²) in [6.45, 7) is 0. The SMILES string of the molecule is N#Cc1ccc(-c2ccc(-c3ccc4c5c(ccc(-c6ccc(-c7nc(-c8ccccc8)nc(-c8ccccc8)n7)cc6)c35)-c3ccccc3-4)c3ccccc23)cc1.N#Cc1ccc(-c2ccc3cc(-c4ccc5c6c(ccc(-c7ccc(-c8nc(-c9ccccc9)nc(-c9ccccc9)n8)cc7)c46)-c4ccccc4-5)ccc3c2)cc1. The summed E-state index contributed by atoms with van der Waals surface area (Å²) in [5, 5.41) is 28.4. The van der Waals surface area contributed by atoms with Gasteiger partial charge in [0.05, 0.1) is 23.3 Å². The fraction of sp³-hybridized carbons (Fsp3) is 0. The quantitative estimate of drug-likeness (QED) is 0.118. The Balaban J connectivity index is 0.000000145. The van der Waals surface area contributed by atoms with Gasteiger partial charge in [-0.2, -0.15) is 10.5 Å². The van der Waals surface area contributed by atoms with E-state index in [4.69, 9.17) is 29.9 Å². The zero-order valence-corrected chi connectivity index (χ0v) is 62.5. The summed E-state index contributed by atoms with van der Waals surface area (Å²) >= 11 is 0. The van der Waals surface area contributed by atoms with Crippen molar-refractivity contribution in [2.75, 3.05) is 0 Å². The monoisotopic (exact) mass is 1470 g/mol. The number of fused-ring (bicyclic) bond motifs is 8. The molecule has 0 atom stereocenters. The first-order valence-electron chi connectivity index (χ1n) is 38.8. The van der Waals surface area contributed by atoms with Crippen LogP contribution in [-0.2, 0) is 0 Å². The number of hydrogen-bond acceptors (Lipinski definition) is 8. The van der Waals surface area contributed by atoms with Gasteiger partial charge in [0.15, 0.2) is 34.9 Å². The van der Waals surface area contributed by atoms with Gasteiger partial charge in [-0.3, -0.25) is 0 Å². The van der Waals surface area contributed by atoms with Crippen LogP contribution >= 0.6 is 0 Å². The van der Waals surface area contributed by atoms with Gasteiger partial charge < -0.3 is 0 Å². The Bertz CT molecular complexity index is 7230. The predicted octanol–water partition coefficient (Wildman–Crippen LogP) is 27.4. The lowest BCUT2D eigenvalue weighted by atomic mass is 9.85. The molecule has 0 unspecified atom stereocenters. The maximum Gasteiger partial charge on any atom is 0.164 e. The molecule has 2 aromatic heterocycles. The van der Waals surface area contributed by atoms with Crippen LogP contribution < -0.4 is 0 Å². The molecule has 8 heteroatoms. The molecule has 2 heterocycles. The molecular weight excluding hydrogens is 1410 g/mol. The Kier molecular flexibility index (Phi) is 16.8. The van der Waals surface area contributed by atoms with Gasteiger partial charge in [-0.25, -0.2) is 29.9 Å². The topological polar surface area (TPSA) is 125 Å². The second kappa shape index (κ2) is 28.7. The number of rotatable bonds is 12. The molecule has 22 rings (SSSR count). The van der Waals surface area contributed by atoms with E-state index in [0.29, 0.717) is 46.1 Å². The van der Waals surface area contributed by atoms with Crippen LogP contribution in [0, 0.1) is 22.7 Å². The normalized spacial score (nSPS) is 11.4. The van der Waals surface area contributed by atoms with Gasteiger partial charge >= 0.3 is 0 Å². The minimum Gasteiger partial charge on any atom is -0.208 e. The van der Waals surface area contributed by atoms with Gasteiger partial charge in [0.1, 0.15) is 0 Å². The molecule has 2 aliphatic carbocycles. The average molecular weight is 1470 g/mol. The van der Waals surface area contributed by atoms with Gasteiger partial charge in [-0.05, 0) is 191 Å². The molecular formula is C108H64N8. The number of aromatic nitrogens is 6. The van der Waals surface area contributed by atoms with E-state index in [9.17, 15) is 10.5 Å². The van der Waals surface area contributed by atoms with Crippen molar-refractivity contribution in [1.29, 1.82) is 10.5 Å². The molecule has 20 aromatic rings. The minimum atomic E-state index is 0.629. The predicted molar refractivity (Wildman–Crippen MR) is 473 cm³/mol. The number of nitrogens with zero attached hydrogens (tertiary/aromatic N) is 8. The first-order valence-corrected chi connectivity index (χ1v) is 38.8. The molecule has 0 spiro atoms. The maximum absolute atomic E-state index is 9.43. The zero-order chi connectivity index (χ0) is 77.2. The van der Waals surface area contributed by atoms with E-state index in [2.05, 4.69) is 231 Å². The van der Waals surface area contributed by atoms with Crippen molar-refractivity contribution in [2.45, 2.75) is 0 Å². The summed E-state index contributed by atoms with van der Waals surface area (Å²) in [6, 6.07) is 140. The highest BCUT2D eigenvalue weighted by Gasteiger charge is 2.29. The van der Waals surface area contributed by atoms with Crippen molar-refractivity contribution in [3.63, 3.8) is 0 Å². The third kappa shape index (κ3) is 12.1. The van der Waals surface area contributed by atoms with Crippen LogP contribution in [-0.4, -0.2) is 29.9 Å². The Morgan fingerprint density at radius 3 is 0.767 bits per heavy atom. The molecule has 116 heavy (non-hydrogen) atoms. The van der Waals surface area contributed by atoms with E-state index < -0.39 is 0 Å². The summed E-state index contributed by atoms with van der Waals surface area (Å²) < 4.78 is 0. The second-order valence-electron chi connectivity index (χ2n) is 29.3. The lowest BCUT2D eigenvalue weighted by molar-refractivity contribution is 1.07. The Morgan fingerprint density at radius 2 is 0.388 bits per heavy atom. The molecule has 0 aliphatic heterocycles. The van der Waals surface area contributed by atoms with Crippen molar-refractivity contribution in [3.8, 4) is 192 Å². The first-order chi connectivity index (χ1) is 57.4. The fourth-order valence-corrected chi connectivity index (χ4v) is 17.1. The van der Waals surface area contributed by atoms with Crippen molar-refractivity contribution in [1.82, 2.24) is 29.9 Å². The molecule has 2 aliphatic rings. The minimum absolute atomic E-state index is 0.629. The Hall–Kier alpha value is -16.0. The number of benzene rings is 18. The molecule has 0 fully saturated rings. The van der Waals surface area contributed by atoms with Gasteiger partial charge in [-0.1, -0.05) is 352 Å². The molecule has 18 aromatic carbocycles. The van der Waals surface area contributed by atoms with Crippen LogP contribution in [0.25, 0.3) is 223 Å². The molecule has 0 saturated carbocycles. The van der Waals surface area contributed by atoms with Crippen molar-refractivity contribution in [3.05, 3.63) is 399 Å². The van der Waals surface area contributed by atoms with Crippen LogP contribution in [0.15, 0.2) is 388 Å². The molecule has 0 bridgehead atoms. The Labute approximate surface area is 670 Å². The van der Waals surface area contributed by atoms with Crippen LogP contribution in [0.5, 0.6) is 0 Å². The van der Waals surface area contributed by atoms with E-state index in [0.717, 1.165) is 66.8 Å². The second-order valence-corrected chi connectivity index (χ2v) is 29.3. The van der Waals surface area contributed by atoms with Gasteiger partial charge in [0.25, 0.3) is 0 Å².